The summed E-state index contributed by atoms with van der Waals surface area (Å²) >= 11 is 0. The fraction of sp³-hybridized carbons (Fsp3) is 0.0870. The second-order valence-electron chi connectivity index (χ2n) is 6.36. The summed E-state index contributed by atoms with van der Waals surface area (Å²) < 4.78 is 10.6. The first-order chi connectivity index (χ1) is 13.7. The number of aromatic amines is 1. The van der Waals surface area contributed by atoms with Gasteiger partial charge in [0.25, 0.3) is 5.91 Å². The molecule has 0 aliphatic carbocycles. The molecule has 5 nitrogen and oxygen atoms in total. The molecule has 0 saturated carbocycles. The number of nitrogens with one attached hydrogen (secondary N) is 2. The zero-order chi connectivity index (χ0) is 19.3. The summed E-state index contributed by atoms with van der Waals surface area (Å²) in [5.41, 5.74) is 3.93. The van der Waals surface area contributed by atoms with Gasteiger partial charge in [0.2, 0.25) is 0 Å². The van der Waals surface area contributed by atoms with Crippen LogP contribution >= 0.6 is 0 Å². The fourth-order valence-corrected chi connectivity index (χ4v) is 2.98. The normalized spacial score (nSPS) is 10.6. The van der Waals surface area contributed by atoms with E-state index < -0.39 is 0 Å². The number of hydrogen-bond donors (Lipinski definition) is 2. The lowest BCUT2D eigenvalue weighted by molar-refractivity contribution is -0.118. The number of anilines is 1. The van der Waals surface area contributed by atoms with E-state index in [-0.39, 0.29) is 12.5 Å². The second-order valence-corrected chi connectivity index (χ2v) is 6.36. The van der Waals surface area contributed by atoms with E-state index in [2.05, 4.69) is 28.5 Å². The van der Waals surface area contributed by atoms with Gasteiger partial charge < -0.3 is 19.8 Å². The number of para-hydroxylation sites is 1. The third kappa shape index (κ3) is 3.99. The summed E-state index contributed by atoms with van der Waals surface area (Å²) in [6, 6.07) is 25.1. The van der Waals surface area contributed by atoms with E-state index in [4.69, 9.17) is 9.47 Å². The zero-order valence-electron chi connectivity index (χ0n) is 15.4. The minimum atomic E-state index is -0.214. The number of H-pyrrole nitrogens is 1. The molecule has 140 valence electrons. The van der Waals surface area contributed by atoms with Crippen LogP contribution in [0.25, 0.3) is 22.2 Å². The van der Waals surface area contributed by atoms with E-state index in [1.54, 1.807) is 31.4 Å². The lowest BCUT2D eigenvalue weighted by atomic mass is 10.1. The maximum Gasteiger partial charge on any atom is 0.262 e. The van der Waals surface area contributed by atoms with E-state index in [0.717, 1.165) is 28.2 Å². The monoisotopic (exact) mass is 372 g/mol. The van der Waals surface area contributed by atoms with Gasteiger partial charge in [0.05, 0.1) is 7.11 Å². The highest BCUT2D eigenvalue weighted by Crippen LogP contribution is 2.25. The lowest BCUT2D eigenvalue weighted by Gasteiger charge is -2.08. The van der Waals surface area contributed by atoms with Gasteiger partial charge in [-0.15, -0.1) is 0 Å². The molecular weight excluding hydrogens is 352 g/mol. The van der Waals surface area contributed by atoms with Crippen molar-refractivity contribution in [1.82, 2.24) is 4.98 Å². The quantitative estimate of drug-likeness (QED) is 0.508. The highest BCUT2D eigenvalue weighted by molar-refractivity contribution is 5.92. The number of ether oxygens (including phenoxy) is 2. The Morgan fingerprint density at radius 3 is 2.36 bits per heavy atom. The van der Waals surface area contributed by atoms with Crippen molar-refractivity contribution in [3.05, 3.63) is 78.9 Å². The Hall–Kier alpha value is -3.73. The Morgan fingerprint density at radius 2 is 1.64 bits per heavy atom. The number of carbonyl (C=O) groups is 1. The fourth-order valence-electron chi connectivity index (χ4n) is 2.98. The van der Waals surface area contributed by atoms with Crippen LogP contribution < -0.4 is 14.8 Å². The van der Waals surface area contributed by atoms with Crippen molar-refractivity contribution in [2.75, 3.05) is 19.0 Å². The van der Waals surface area contributed by atoms with Gasteiger partial charge in [0.1, 0.15) is 11.5 Å². The van der Waals surface area contributed by atoms with Gasteiger partial charge in [-0.2, -0.15) is 0 Å². The molecule has 0 spiro atoms. The smallest absolute Gasteiger partial charge is 0.262 e. The zero-order valence-corrected chi connectivity index (χ0v) is 15.4. The molecule has 0 aliphatic heterocycles. The number of rotatable bonds is 6. The van der Waals surface area contributed by atoms with E-state index in [9.17, 15) is 4.79 Å². The van der Waals surface area contributed by atoms with Crippen LogP contribution in [0.1, 0.15) is 0 Å². The van der Waals surface area contributed by atoms with E-state index in [1.807, 2.05) is 36.4 Å². The third-order valence-corrected chi connectivity index (χ3v) is 4.44. The molecule has 2 N–H and O–H groups in total. The molecule has 1 heterocycles. The first-order valence-corrected chi connectivity index (χ1v) is 8.96. The Kier molecular flexibility index (Phi) is 4.97. The molecule has 0 atom stereocenters. The molecule has 1 amide bonds. The van der Waals surface area contributed by atoms with Gasteiger partial charge in [-0.1, -0.05) is 30.3 Å². The summed E-state index contributed by atoms with van der Waals surface area (Å²) in [6.45, 7) is -0.0594. The number of aromatic nitrogens is 1. The Bertz CT molecular complexity index is 1050. The van der Waals surface area contributed by atoms with Gasteiger partial charge >= 0.3 is 0 Å². The predicted octanol–water partition coefficient (Wildman–Crippen LogP) is 4.86. The first-order valence-electron chi connectivity index (χ1n) is 8.96. The van der Waals surface area contributed by atoms with Gasteiger partial charge in [0, 0.05) is 22.3 Å². The van der Waals surface area contributed by atoms with Crippen LogP contribution in [-0.2, 0) is 4.79 Å². The number of carbonyl (C=O) groups excluding carboxylic acids is 1. The third-order valence-electron chi connectivity index (χ3n) is 4.44. The molecule has 0 radical (unpaired) electrons. The SMILES string of the molecule is COc1ccc(OCC(=O)Nc2ccc(-c3cc4ccccc4[nH]3)cc2)cc1. The molecule has 4 aromatic rings. The standard InChI is InChI=1S/C23H20N2O3/c1-27-19-10-12-20(13-11-19)28-15-23(26)24-18-8-6-16(7-9-18)22-14-17-4-2-3-5-21(17)25-22/h2-14,25H,15H2,1H3,(H,24,26). The van der Waals surface area contributed by atoms with E-state index in [1.165, 1.54) is 5.39 Å². The van der Waals surface area contributed by atoms with Crippen LogP contribution in [0.5, 0.6) is 11.5 Å². The number of fused-ring (bicyclic) bond motifs is 1. The molecular formula is C23H20N2O3. The lowest BCUT2D eigenvalue weighted by Crippen LogP contribution is -2.20. The van der Waals surface area contributed by atoms with Gasteiger partial charge in [-0.3, -0.25) is 4.79 Å². The van der Waals surface area contributed by atoms with Crippen molar-refractivity contribution < 1.29 is 14.3 Å². The van der Waals surface area contributed by atoms with Crippen molar-refractivity contribution in [2.24, 2.45) is 0 Å². The topological polar surface area (TPSA) is 63.4 Å². The van der Waals surface area contributed by atoms with Gasteiger partial charge in [-0.25, -0.2) is 0 Å². The molecule has 0 saturated heterocycles. The van der Waals surface area contributed by atoms with Crippen molar-refractivity contribution >= 4 is 22.5 Å². The van der Waals surface area contributed by atoms with E-state index >= 15 is 0 Å². The molecule has 5 heteroatoms. The van der Waals surface area contributed by atoms with Gasteiger partial charge in [-0.05, 0) is 54.1 Å². The van der Waals surface area contributed by atoms with Crippen LogP contribution in [-0.4, -0.2) is 24.6 Å². The maximum atomic E-state index is 12.1. The summed E-state index contributed by atoms with van der Waals surface area (Å²) in [6.07, 6.45) is 0. The van der Waals surface area contributed by atoms with Crippen molar-refractivity contribution in [1.29, 1.82) is 0 Å². The van der Waals surface area contributed by atoms with Gasteiger partial charge in [0.15, 0.2) is 6.61 Å². The molecule has 4 rings (SSSR count). The second kappa shape index (κ2) is 7.88. The number of hydrogen-bond acceptors (Lipinski definition) is 3. The Labute approximate surface area is 162 Å². The van der Waals surface area contributed by atoms with Crippen LogP contribution in [0.4, 0.5) is 5.69 Å². The molecule has 1 aromatic heterocycles. The predicted molar refractivity (Wildman–Crippen MR) is 111 cm³/mol. The van der Waals surface area contributed by atoms with Crippen molar-refractivity contribution in [3.8, 4) is 22.8 Å². The van der Waals surface area contributed by atoms with Crippen LogP contribution in [0.3, 0.4) is 0 Å². The molecule has 3 aromatic carbocycles. The minimum absolute atomic E-state index is 0.0594. The average molecular weight is 372 g/mol. The number of benzene rings is 3. The number of methoxy groups -OCH3 is 1. The van der Waals surface area contributed by atoms with Crippen LogP contribution in [0, 0.1) is 0 Å². The molecule has 0 fully saturated rings. The molecule has 0 bridgehead atoms. The summed E-state index contributed by atoms with van der Waals surface area (Å²) in [7, 11) is 1.60. The Balaban J connectivity index is 1.36. The van der Waals surface area contributed by atoms with Crippen molar-refractivity contribution in [3.63, 3.8) is 0 Å². The molecule has 0 unspecified atom stereocenters. The largest absolute Gasteiger partial charge is 0.497 e. The Morgan fingerprint density at radius 1 is 0.929 bits per heavy atom. The highest BCUT2D eigenvalue weighted by atomic mass is 16.5. The maximum absolute atomic E-state index is 12.1. The highest BCUT2D eigenvalue weighted by Gasteiger charge is 2.06. The minimum Gasteiger partial charge on any atom is -0.497 e. The summed E-state index contributed by atoms with van der Waals surface area (Å²) in [5, 5.41) is 4.01. The first kappa shape index (κ1) is 17.7. The van der Waals surface area contributed by atoms with Crippen LogP contribution in [0.15, 0.2) is 78.9 Å². The average Bonchev–Trinajstić information content (AvgIpc) is 3.17. The van der Waals surface area contributed by atoms with E-state index in [0.29, 0.717) is 5.75 Å². The van der Waals surface area contributed by atoms with Crippen LogP contribution in [0.2, 0.25) is 0 Å². The number of amides is 1. The summed E-state index contributed by atoms with van der Waals surface area (Å²) in [4.78, 5) is 15.5. The van der Waals surface area contributed by atoms with Crippen molar-refractivity contribution in [2.45, 2.75) is 0 Å². The molecule has 28 heavy (non-hydrogen) atoms. The summed E-state index contributed by atoms with van der Waals surface area (Å²) in [5.74, 6) is 1.14. The molecule has 0 aliphatic rings.